The highest BCUT2D eigenvalue weighted by molar-refractivity contribution is 6.34. The fourth-order valence-electron chi connectivity index (χ4n) is 6.47. The van der Waals surface area contributed by atoms with Crippen LogP contribution in [-0.4, -0.2) is 0 Å². The van der Waals surface area contributed by atoms with Gasteiger partial charge in [-0.1, -0.05) is 84.4 Å². The van der Waals surface area contributed by atoms with Crippen molar-refractivity contribution in [1.29, 1.82) is 0 Å². The molecule has 3 nitrogen and oxygen atoms in total. The van der Waals surface area contributed by atoms with E-state index in [1.807, 2.05) is 30.3 Å². The molecule has 0 fully saturated rings. The Morgan fingerprint density at radius 2 is 1.12 bits per heavy atom. The van der Waals surface area contributed by atoms with Gasteiger partial charge < -0.3 is 13.7 Å². The Balaban J connectivity index is 1.34. The third kappa shape index (κ3) is 3.35. The second-order valence-corrected chi connectivity index (χ2v) is 11.1. The number of fused-ring (bicyclic) bond motifs is 11. The van der Waals surface area contributed by atoms with E-state index in [0.717, 1.165) is 82.5 Å². The molecule has 9 rings (SSSR count). The first-order chi connectivity index (χ1) is 20.7. The van der Waals surface area contributed by atoms with Gasteiger partial charge in [0.15, 0.2) is 5.58 Å². The first-order valence-electron chi connectivity index (χ1n) is 14.0. The molecule has 0 N–H and O–H groups in total. The molecule has 0 aliphatic carbocycles. The van der Waals surface area contributed by atoms with Gasteiger partial charge in [0, 0.05) is 43.7 Å². The average Bonchev–Trinajstić information content (AvgIpc) is 3.61. The van der Waals surface area contributed by atoms with Gasteiger partial charge in [0.2, 0.25) is 0 Å². The summed E-state index contributed by atoms with van der Waals surface area (Å²) in [5.41, 5.74) is 6.41. The zero-order valence-electron chi connectivity index (χ0n) is 22.3. The zero-order chi connectivity index (χ0) is 27.8. The molecule has 0 saturated carbocycles. The Kier molecular flexibility index (Phi) is 4.96. The summed E-state index contributed by atoms with van der Waals surface area (Å²) in [6, 6.07) is 45.9. The van der Waals surface area contributed by atoms with Crippen molar-refractivity contribution in [2.24, 2.45) is 0 Å². The number of hydrogen-bond donors (Lipinski definition) is 0. The lowest BCUT2D eigenvalue weighted by Crippen LogP contribution is -2.09. The van der Waals surface area contributed by atoms with Gasteiger partial charge in [0.05, 0.1) is 11.4 Å². The van der Waals surface area contributed by atoms with Gasteiger partial charge in [-0.3, -0.25) is 0 Å². The van der Waals surface area contributed by atoms with Crippen LogP contribution in [0.15, 0.2) is 142 Å². The Bertz CT molecular complexity index is 2490. The van der Waals surface area contributed by atoms with Gasteiger partial charge in [-0.25, -0.2) is 0 Å². The summed E-state index contributed by atoms with van der Waals surface area (Å²) in [5, 5.41) is 9.56. The van der Waals surface area contributed by atoms with Gasteiger partial charge in [0.25, 0.3) is 0 Å². The molecule has 0 saturated heterocycles. The molecule has 0 spiro atoms. The summed E-state index contributed by atoms with van der Waals surface area (Å²) in [6.07, 6.45) is 0. The van der Waals surface area contributed by atoms with E-state index < -0.39 is 0 Å². The highest BCUT2D eigenvalue weighted by Crippen LogP contribution is 2.45. The molecular weight excluding hydrogens is 538 g/mol. The first-order valence-corrected chi connectivity index (χ1v) is 14.3. The molecule has 0 bridgehead atoms. The number of para-hydroxylation sites is 3. The van der Waals surface area contributed by atoms with Gasteiger partial charge >= 0.3 is 0 Å². The lowest BCUT2D eigenvalue weighted by Gasteiger charge is -2.25. The van der Waals surface area contributed by atoms with Gasteiger partial charge in [0.1, 0.15) is 16.7 Å². The van der Waals surface area contributed by atoms with Crippen molar-refractivity contribution in [2.45, 2.75) is 0 Å². The summed E-state index contributed by atoms with van der Waals surface area (Å²) in [6.45, 7) is 0. The van der Waals surface area contributed by atoms with Crippen LogP contribution in [0, 0.1) is 0 Å². The van der Waals surface area contributed by atoms with Crippen LogP contribution in [0.4, 0.5) is 17.1 Å². The van der Waals surface area contributed by atoms with Crippen molar-refractivity contribution in [3.05, 3.63) is 138 Å². The molecular formula is C38H22ClNO2. The smallest absolute Gasteiger partial charge is 0.159 e. The minimum Gasteiger partial charge on any atom is -0.455 e. The molecule has 0 aliphatic rings. The second kappa shape index (κ2) is 8.87. The molecule has 0 unspecified atom stereocenters. The molecule has 42 heavy (non-hydrogen) atoms. The lowest BCUT2D eigenvalue weighted by molar-refractivity contribution is 0.668. The van der Waals surface area contributed by atoms with Crippen molar-refractivity contribution in [3.8, 4) is 0 Å². The lowest BCUT2D eigenvalue weighted by atomic mass is 9.97. The molecule has 0 amide bonds. The SMILES string of the molecule is Clc1ccc2c(c1)c1ccccc1c1c3ccc(N(c4ccccc4)c4cccc5c4oc4ccccc45)cc3oc21. The Labute approximate surface area is 245 Å². The fourth-order valence-corrected chi connectivity index (χ4v) is 6.64. The number of anilines is 3. The Hall–Kier alpha value is -5.25. The molecule has 0 aliphatic heterocycles. The molecule has 198 valence electrons. The summed E-state index contributed by atoms with van der Waals surface area (Å²) in [4.78, 5) is 2.24. The number of benzene rings is 7. The van der Waals surface area contributed by atoms with Crippen molar-refractivity contribution < 1.29 is 8.83 Å². The summed E-state index contributed by atoms with van der Waals surface area (Å²) < 4.78 is 13.2. The minimum absolute atomic E-state index is 0.712. The highest BCUT2D eigenvalue weighted by atomic mass is 35.5. The third-order valence-corrected chi connectivity index (χ3v) is 8.52. The van der Waals surface area contributed by atoms with E-state index in [1.165, 1.54) is 0 Å². The van der Waals surface area contributed by atoms with E-state index >= 15 is 0 Å². The van der Waals surface area contributed by atoms with E-state index in [9.17, 15) is 0 Å². The van der Waals surface area contributed by atoms with E-state index in [1.54, 1.807) is 0 Å². The highest BCUT2D eigenvalue weighted by Gasteiger charge is 2.21. The van der Waals surface area contributed by atoms with E-state index in [2.05, 4.69) is 108 Å². The molecule has 7 aromatic carbocycles. The van der Waals surface area contributed by atoms with Crippen molar-refractivity contribution in [1.82, 2.24) is 0 Å². The first kappa shape index (κ1) is 23.5. The van der Waals surface area contributed by atoms with Gasteiger partial charge in [-0.05, 0) is 70.8 Å². The summed E-state index contributed by atoms with van der Waals surface area (Å²) in [5.74, 6) is 0. The predicted molar refractivity (Wildman–Crippen MR) is 176 cm³/mol. The maximum atomic E-state index is 6.72. The quantitative estimate of drug-likeness (QED) is 0.202. The molecule has 2 aromatic heterocycles. The van der Waals surface area contributed by atoms with Crippen LogP contribution in [-0.2, 0) is 0 Å². The van der Waals surface area contributed by atoms with Crippen molar-refractivity contribution in [3.63, 3.8) is 0 Å². The molecule has 0 radical (unpaired) electrons. The van der Waals surface area contributed by atoms with Gasteiger partial charge in [-0.2, -0.15) is 0 Å². The largest absolute Gasteiger partial charge is 0.455 e. The Morgan fingerprint density at radius 1 is 0.429 bits per heavy atom. The summed E-state index contributed by atoms with van der Waals surface area (Å²) >= 11 is 6.44. The number of halogens is 1. The minimum atomic E-state index is 0.712. The third-order valence-electron chi connectivity index (χ3n) is 8.28. The second-order valence-electron chi connectivity index (χ2n) is 10.6. The van der Waals surface area contributed by atoms with E-state index in [0.29, 0.717) is 5.02 Å². The number of hydrogen-bond acceptors (Lipinski definition) is 3. The molecule has 2 heterocycles. The number of rotatable bonds is 3. The number of nitrogens with zero attached hydrogens (tertiary/aromatic N) is 1. The topological polar surface area (TPSA) is 29.5 Å². The zero-order valence-corrected chi connectivity index (χ0v) is 23.1. The van der Waals surface area contributed by atoms with Crippen LogP contribution in [0.5, 0.6) is 0 Å². The fraction of sp³-hybridized carbons (Fsp3) is 0. The molecule has 4 heteroatoms. The van der Waals surface area contributed by atoms with Crippen molar-refractivity contribution in [2.75, 3.05) is 4.90 Å². The van der Waals surface area contributed by atoms with Crippen LogP contribution in [0.2, 0.25) is 5.02 Å². The number of furan rings is 2. The Morgan fingerprint density at radius 3 is 2.00 bits per heavy atom. The van der Waals surface area contributed by atoms with E-state index in [4.69, 9.17) is 20.4 Å². The van der Waals surface area contributed by atoms with Crippen LogP contribution in [0.1, 0.15) is 0 Å². The molecule has 0 atom stereocenters. The maximum Gasteiger partial charge on any atom is 0.159 e. The average molecular weight is 560 g/mol. The normalized spacial score (nSPS) is 11.9. The van der Waals surface area contributed by atoms with Crippen LogP contribution in [0.25, 0.3) is 65.4 Å². The van der Waals surface area contributed by atoms with Crippen LogP contribution in [0.3, 0.4) is 0 Å². The van der Waals surface area contributed by atoms with E-state index in [-0.39, 0.29) is 0 Å². The van der Waals surface area contributed by atoms with Crippen LogP contribution < -0.4 is 4.90 Å². The monoisotopic (exact) mass is 559 g/mol. The van der Waals surface area contributed by atoms with Crippen LogP contribution >= 0.6 is 11.6 Å². The maximum absolute atomic E-state index is 6.72. The standard InChI is InChI=1S/C38H22ClNO2/c39-23-17-19-30-32(21-23)26-11-4-5-13-28(26)36-31-20-18-25(22-35(31)42-38(30)36)40(24-9-2-1-3-10-24)33-15-8-14-29-27-12-6-7-16-34(27)41-37(29)33/h1-22H. The predicted octanol–water partition coefficient (Wildman–Crippen LogP) is 11.9. The summed E-state index contributed by atoms with van der Waals surface area (Å²) in [7, 11) is 0. The van der Waals surface area contributed by atoms with Gasteiger partial charge in [-0.15, -0.1) is 0 Å². The van der Waals surface area contributed by atoms with Crippen molar-refractivity contribution >= 4 is 94.1 Å². The molecule has 9 aromatic rings.